The van der Waals surface area contributed by atoms with Gasteiger partial charge >= 0.3 is 4.87 Å². The second kappa shape index (κ2) is 4.81. The van der Waals surface area contributed by atoms with E-state index in [9.17, 15) is 4.79 Å². The smallest absolute Gasteiger partial charge is 0.307 e. The summed E-state index contributed by atoms with van der Waals surface area (Å²) in [6.45, 7) is 2.44. The van der Waals surface area contributed by atoms with Crippen LogP contribution in [-0.2, 0) is 13.0 Å². The van der Waals surface area contributed by atoms with Crippen LogP contribution in [0.4, 0.5) is 0 Å². The van der Waals surface area contributed by atoms with Crippen LogP contribution in [0.1, 0.15) is 11.6 Å². The van der Waals surface area contributed by atoms with E-state index in [4.69, 9.17) is 4.52 Å². The largest absolute Gasteiger partial charge is 0.342 e. The molecule has 0 aromatic carbocycles. The summed E-state index contributed by atoms with van der Waals surface area (Å²) in [6, 6.07) is 0. The Hall–Kier alpha value is -2.22. The van der Waals surface area contributed by atoms with Crippen molar-refractivity contribution in [2.45, 2.75) is 19.9 Å². The van der Waals surface area contributed by atoms with Gasteiger partial charge in [-0.25, -0.2) is 4.98 Å². The number of hydrogen-bond donors (Lipinski definition) is 1. The lowest BCUT2D eigenvalue weighted by Gasteiger charge is -2.00. The molecule has 0 saturated carbocycles. The Bertz CT molecular complexity index is 724. The zero-order valence-electron chi connectivity index (χ0n) is 10.2. The van der Waals surface area contributed by atoms with Crippen LogP contribution in [0.3, 0.4) is 0 Å². The van der Waals surface area contributed by atoms with E-state index in [2.05, 4.69) is 20.1 Å². The Morgan fingerprint density at radius 2 is 2.42 bits per heavy atom. The van der Waals surface area contributed by atoms with E-state index in [1.54, 1.807) is 17.0 Å². The molecule has 8 heteroatoms. The molecular weight excluding hydrogens is 266 g/mol. The monoisotopic (exact) mass is 277 g/mol. The van der Waals surface area contributed by atoms with Crippen molar-refractivity contribution in [3.05, 3.63) is 39.0 Å². The second-order valence-corrected chi connectivity index (χ2v) is 4.81. The molecule has 0 fully saturated rings. The number of aryl methyl sites for hydroxylation is 2. The molecule has 0 aliphatic carbocycles. The molecule has 98 valence electrons. The molecule has 19 heavy (non-hydrogen) atoms. The number of aromatic amines is 1. The van der Waals surface area contributed by atoms with E-state index < -0.39 is 0 Å². The Morgan fingerprint density at radius 3 is 3.11 bits per heavy atom. The Labute approximate surface area is 111 Å². The standard InChI is InChI=1S/C11H11N5O2S/c1-7-6-19-11(17)16(7)5-2-8-14-10(15-18-8)9-12-3-4-13-9/h3-4,6H,2,5H2,1H3,(H,12,13). The number of hydrogen-bond acceptors (Lipinski definition) is 6. The van der Waals surface area contributed by atoms with Crippen LogP contribution in [0.25, 0.3) is 11.6 Å². The van der Waals surface area contributed by atoms with E-state index in [0.29, 0.717) is 30.5 Å². The number of imidazole rings is 1. The fourth-order valence-corrected chi connectivity index (χ4v) is 2.48. The fourth-order valence-electron chi connectivity index (χ4n) is 1.72. The summed E-state index contributed by atoms with van der Waals surface area (Å²) in [5.41, 5.74) is 0.945. The SMILES string of the molecule is Cc1csc(=O)n1CCc1nc(-c2ncc[nH]2)no1. The molecule has 0 spiro atoms. The molecule has 3 rings (SSSR count). The minimum absolute atomic E-state index is 0.0308. The topological polar surface area (TPSA) is 89.6 Å². The summed E-state index contributed by atoms with van der Waals surface area (Å²) in [5.74, 6) is 1.48. The van der Waals surface area contributed by atoms with Crippen molar-refractivity contribution < 1.29 is 4.52 Å². The van der Waals surface area contributed by atoms with Gasteiger partial charge in [-0.2, -0.15) is 4.98 Å². The third-order valence-electron chi connectivity index (χ3n) is 2.70. The third kappa shape index (κ3) is 2.34. The van der Waals surface area contributed by atoms with Crippen LogP contribution in [-0.4, -0.2) is 24.7 Å². The maximum atomic E-state index is 11.6. The minimum atomic E-state index is 0.0308. The van der Waals surface area contributed by atoms with Gasteiger partial charge < -0.3 is 14.1 Å². The van der Waals surface area contributed by atoms with Crippen LogP contribution < -0.4 is 4.87 Å². The Kier molecular flexibility index (Phi) is 3.00. The van der Waals surface area contributed by atoms with Crippen molar-refractivity contribution in [3.8, 4) is 11.6 Å². The van der Waals surface area contributed by atoms with Crippen molar-refractivity contribution in [2.75, 3.05) is 0 Å². The molecule has 0 unspecified atom stereocenters. The molecule has 7 nitrogen and oxygen atoms in total. The van der Waals surface area contributed by atoms with Gasteiger partial charge in [0.05, 0.1) is 0 Å². The normalized spacial score (nSPS) is 11.0. The predicted molar refractivity (Wildman–Crippen MR) is 68.9 cm³/mol. The van der Waals surface area contributed by atoms with Crippen LogP contribution >= 0.6 is 11.3 Å². The highest BCUT2D eigenvalue weighted by molar-refractivity contribution is 7.07. The number of thiazole rings is 1. The molecule has 0 aliphatic heterocycles. The van der Waals surface area contributed by atoms with Gasteiger partial charge in [-0.05, 0) is 6.92 Å². The van der Waals surface area contributed by atoms with E-state index in [0.717, 1.165) is 5.69 Å². The maximum absolute atomic E-state index is 11.6. The lowest BCUT2D eigenvalue weighted by Crippen LogP contribution is -2.16. The highest BCUT2D eigenvalue weighted by Gasteiger charge is 2.11. The van der Waals surface area contributed by atoms with Gasteiger partial charge in [-0.15, -0.1) is 0 Å². The van der Waals surface area contributed by atoms with Gasteiger partial charge in [0.1, 0.15) is 0 Å². The third-order valence-corrected chi connectivity index (χ3v) is 3.58. The van der Waals surface area contributed by atoms with E-state index >= 15 is 0 Å². The number of H-pyrrole nitrogens is 1. The molecule has 0 atom stereocenters. The summed E-state index contributed by atoms with van der Waals surface area (Å²) < 4.78 is 6.83. The molecule has 0 saturated heterocycles. The maximum Gasteiger partial charge on any atom is 0.307 e. The molecular formula is C11H11N5O2S. The van der Waals surface area contributed by atoms with E-state index in [-0.39, 0.29) is 4.87 Å². The van der Waals surface area contributed by atoms with Gasteiger partial charge in [0, 0.05) is 36.4 Å². The quantitative estimate of drug-likeness (QED) is 0.774. The van der Waals surface area contributed by atoms with Gasteiger partial charge in [0.25, 0.3) is 0 Å². The summed E-state index contributed by atoms with van der Waals surface area (Å²) >= 11 is 1.20. The van der Waals surface area contributed by atoms with Crippen molar-refractivity contribution in [2.24, 2.45) is 0 Å². The minimum Gasteiger partial charge on any atom is -0.342 e. The van der Waals surface area contributed by atoms with Crippen LogP contribution in [0.5, 0.6) is 0 Å². The summed E-state index contributed by atoms with van der Waals surface area (Å²) in [5, 5.41) is 5.68. The van der Waals surface area contributed by atoms with E-state index in [1.165, 1.54) is 11.3 Å². The molecule has 0 bridgehead atoms. The average Bonchev–Trinajstić information content (AvgIpc) is 3.10. The van der Waals surface area contributed by atoms with Crippen molar-refractivity contribution in [3.63, 3.8) is 0 Å². The van der Waals surface area contributed by atoms with Crippen LogP contribution in [0.15, 0.2) is 27.1 Å². The zero-order valence-corrected chi connectivity index (χ0v) is 11.0. The number of rotatable bonds is 4. The fraction of sp³-hybridized carbons (Fsp3) is 0.273. The summed E-state index contributed by atoms with van der Waals surface area (Å²) in [4.78, 5) is 22.8. The number of nitrogens with one attached hydrogen (secondary N) is 1. The van der Waals surface area contributed by atoms with Crippen LogP contribution in [0.2, 0.25) is 0 Å². The van der Waals surface area contributed by atoms with Crippen LogP contribution in [0, 0.1) is 6.92 Å². The first-order valence-corrected chi connectivity index (χ1v) is 6.59. The highest BCUT2D eigenvalue weighted by Crippen LogP contribution is 2.10. The highest BCUT2D eigenvalue weighted by atomic mass is 32.1. The lowest BCUT2D eigenvalue weighted by atomic mass is 10.4. The Morgan fingerprint density at radius 1 is 1.53 bits per heavy atom. The summed E-state index contributed by atoms with van der Waals surface area (Å²) in [6.07, 6.45) is 3.84. The van der Waals surface area contributed by atoms with Gasteiger partial charge in [0.15, 0.2) is 5.82 Å². The summed E-state index contributed by atoms with van der Waals surface area (Å²) in [7, 11) is 0. The Balaban J connectivity index is 1.73. The first kappa shape index (κ1) is 11.8. The average molecular weight is 277 g/mol. The number of aromatic nitrogens is 5. The van der Waals surface area contributed by atoms with Crippen molar-refractivity contribution in [1.82, 2.24) is 24.7 Å². The lowest BCUT2D eigenvalue weighted by molar-refractivity contribution is 0.371. The number of nitrogens with zero attached hydrogens (tertiary/aromatic N) is 4. The zero-order chi connectivity index (χ0) is 13.2. The molecule has 3 aromatic heterocycles. The first-order valence-electron chi connectivity index (χ1n) is 5.71. The molecule has 3 heterocycles. The van der Waals surface area contributed by atoms with Gasteiger partial charge in [-0.1, -0.05) is 16.5 Å². The molecule has 1 N–H and O–H groups in total. The molecule has 0 aliphatic rings. The van der Waals surface area contributed by atoms with E-state index in [1.807, 2.05) is 12.3 Å². The van der Waals surface area contributed by atoms with Crippen molar-refractivity contribution >= 4 is 11.3 Å². The van der Waals surface area contributed by atoms with Gasteiger partial charge in [0.2, 0.25) is 11.7 Å². The van der Waals surface area contributed by atoms with Gasteiger partial charge in [-0.3, -0.25) is 4.79 Å². The van der Waals surface area contributed by atoms with Crippen molar-refractivity contribution in [1.29, 1.82) is 0 Å². The molecule has 0 radical (unpaired) electrons. The predicted octanol–water partition coefficient (Wildman–Crippen LogP) is 1.23. The molecule has 0 amide bonds. The second-order valence-electron chi connectivity index (χ2n) is 3.99. The molecule has 3 aromatic rings. The first-order chi connectivity index (χ1) is 9.24.